The van der Waals surface area contributed by atoms with Crippen LogP contribution in [0.1, 0.15) is 37.2 Å². The van der Waals surface area contributed by atoms with Gasteiger partial charge in [-0.2, -0.15) is 0 Å². The smallest absolute Gasteiger partial charge is 0.371 e. The van der Waals surface area contributed by atoms with Gasteiger partial charge < -0.3 is 9.52 Å². The minimum atomic E-state index is -1.25. The van der Waals surface area contributed by atoms with Crippen molar-refractivity contribution < 1.29 is 18.5 Å². The zero-order chi connectivity index (χ0) is 11.4. The summed E-state index contributed by atoms with van der Waals surface area (Å²) in [6.07, 6.45) is 1.57. The van der Waals surface area contributed by atoms with Gasteiger partial charge in [0.2, 0.25) is 5.76 Å². The molecule has 15 heavy (non-hydrogen) atoms. The van der Waals surface area contributed by atoms with Crippen LogP contribution in [0.3, 0.4) is 0 Å². The van der Waals surface area contributed by atoms with E-state index in [1.807, 2.05) is 13.8 Å². The number of carboxylic acid groups (broad SMARTS) is 1. The van der Waals surface area contributed by atoms with E-state index in [0.29, 0.717) is 0 Å². The number of carbonyl (C=O) groups is 1. The quantitative estimate of drug-likeness (QED) is 0.842. The topological polar surface area (TPSA) is 67.5 Å². The van der Waals surface area contributed by atoms with Gasteiger partial charge >= 0.3 is 5.97 Å². The molecule has 0 aromatic carbocycles. The Morgan fingerprint density at radius 2 is 2.07 bits per heavy atom. The monoisotopic (exact) mass is 230 g/mol. The number of rotatable bonds is 5. The van der Waals surface area contributed by atoms with E-state index in [1.54, 1.807) is 0 Å². The van der Waals surface area contributed by atoms with Crippen LogP contribution in [-0.2, 0) is 10.8 Å². The predicted octanol–water partition coefficient (Wildman–Crippen LogP) is 2.27. The molecule has 1 unspecified atom stereocenters. The molecule has 0 bridgehead atoms. The zero-order valence-electron chi connectivity index (χ0n) is 8.73. The van der Waals surface area contributed by atoms with Gasteiger partial charge in [-0.1, -0.05) is 13.8 Å². The van der Waals surface area contributed by atoms with Crippen molar-refractivity contribution in [1.29, 1.82) is 0 Å². The average molecular weight is 230 g/mol. The van der Waals surface area contributed by atoms with Crippen LogP contribution in [0.4, 0.5) is 0 Å². The molecule has 1 heterocycles. The Balaban J connectivity index is 2.86. The molecular formula is C10H14O4S. The maximum Gasteiger partial charge on any atom is 0.371 e. The molecule has 0 amide bonds. The largest absolute Gasteiger partial charge is 0.475 e. The number of furan rings is 1. The van der Waals surface area contributed by atoms with Crippen molar-refractivity contribution in [2.24, 2.45) is 0 Å². The van der Waals surface area contributed by atoms with Crippen LogP contribution in [0.2, 0.25) is 0 Å². The van der Waals surface area contributed by atoms with Crippen LogP contribution in [0.25, 0.3) is 0 Å². The van der Waals surface area contributed by atoms with E-state index in [1.165, 1.54) is 12.1 Å². The molecule has 1 atom stereocenters. The molecule has 4 nitrogen and oxygen atoms in total. The number of hydrogen-bond acceptors (Lipinski definition) is 3. The Hall–Kier alpha value is -1.10. The fourth-order valence-corrected chi connectivity index (χ4v) is 2.61. The first-order valence-electron chi connectivity index (χ1n) is 4.83. The van der Waals surface area contributed by atoms with Gasteiger partial charge in [-0.3, -0.25) is 4.21 Å². The molecule has 0 saturated carbocycles. The van der Waals surface area contributed by atoms with Crippen LogP contribution in [0, 0.1) is 0 Å². The molecule has 0 aliphatic heterocycles. The number of carboxylic acids is 1. The maximum absolute atomic E-state index is 11.9. The van der Waals surface area contributed by atoms with Crippen molar-refractivity contribution >= 4 is 16.8 Å². The summed E-state index contributed by atoms with van der Waals surface area (Å²) in [5.74, 6) is -1.30. The third-order valence-electron chi connectivity index (χ3n) is 2.20. The van der Waals surface area contributed by atoms with E-state index in [0.717, 1.165) is 12.8 Å². The minimum Gasteiger partial charge on any atom is -0.475 e. The molecule has 1 rings (SSSR count). The van der Waals surface area contributed by atoms with Gasteiger partial charge in [0.25, 0.3) is 0 Å². The van der Waals surface area contributed by atoms with Gasteiger partial charge in [0, 0.05) is 5.25 Å². The zero-order valence-corrected chi connectivity index (χ0v) is 9.54. The Morgan fingerprint density at radius 1 is 1.47 bits per heavy atom. The first-order chi connectivity index (χ1) is 7.10. The summed E-state index contributed by atoms with van der Waals surface area (Å²) in [7, 11) is -1.25. The minimum absolute atomic E-state index is 0.0257. The molecule has 0 radical (unpaired) electrons. The number of aromatic carboxylic acids is 1. The normalized spacial score (nSPS) is 13.0. The molecule has 1 aromatic heterocycles. The molecule has 84 valence electrons. The number of hydrogen-bond donors (Lipinski definition) is 1. The lowest BCUT2D eigenvalue weighted by atomic mass is 10.3. The van der Waals surface area contributed by atoms with Crippen LogP contribution < -0.4 is 0 Å². The summed E-state index contributed by atoms with van der Waals surface area (Å²) < 4.78 is 16.9. The van der Waals surface area contributed by atoms with Crippen LogP contribution >= 0.6 is 0 Å². The van der Waals surface area contributed by atoms with Gasteiger partial charge in [0.05, 0.1) is 10.8 Å². The van der Waals surface area contributed by atoms with E-state index >= 15 is 0 Å². The Kier molecular flexibility index (Phi) is 4.08. The van der Waals surface area contributed by atoms with Crippen molar-refractivity contribution in [2.45, 2.75) is 37.0 Å². The first kappa shape index (κ1) is 12.0. The highest BCUT2D eigenvalue weighted by Gasteiger charge is 2.19. The van der Waals surface area contributed by atoms with Crippen LogP contribution in [0.15, 0.2) is 21.6 Å². The van der Waals surface area contributed by atoms with E-state index in [2.05, 4.69) is 0 Å². The molecule has 1 N–H and O–H groups in total. The summed E-state index contributed by atoms with van der Waals surface area (Å²) >= 11 is 0. The van der Waals surface area contributed by atoms with Crippen molar-refractivity contribution in [3.63, 3.8) is 0 Å². The highest BCUT2D eigenvalue weighted by atomic mass is 32.2. The molecule has 5 heteroatoms. The highest BCUT2D eigenvalue weighted by Crippen LogP contribution is 2.18. The standard InChI is InChI=1S/C10H14O4S/c1-3-7(4-2)15(13)9-6-5-8(14-9)10(11)12/h5-7H,3-4H2,1-2H3,(H,11,12). The third kappa shape index (κ3) is 2.68. The lowest BCUT2D eigenvalue weighted by molar-refractivity contribution is 0.0656. The third-order valence-corrected chi connectivity index (χ3v) is 4.09. The Labute approximate surface area is 90.7 Å². The average Bonchev–Trinajstić information content (AvgIpc) is 2.68. The van der Waals surface area contributed by atoms with Crippen LogP contribution in [0.5, 0.6) is 0 Å². The van der Waals surface area contributed by atoms with E-state index in [4.69, 9.17) is 9.52 Å². The molecule has 0 spiro atoms. The van der Waals surface area contributed by atoms with Crippen LogP contribution in [-0.4, -0.2) is 20.5 Å². The lowest BCUT2D eigenvalue weighted by Crippen LogP contribution is -2.12. The second-order valence-electron chi connectivity index (χ2n) is 3.16. The Bertz CT molecular complexity index is 365. The summed E-state index contributed by atoms with van der Waals surface area (Å²) in [5.41, 5.74) is 0. The first-order valence-corrected chi connectivity index (χ1v) is 6.05. The second-order valence-corrected chi connectivity index (χ2v) is 4.82. The molecule has 0 aliphatic rings. The Morgan fingerprint density at radius 3 is 2.47 bits per heavy atom. The van der Waals surface area contributed by atoms with Gasteiger partial charge in [0.15, 0.2) is 5.09 Å². The fourth-order valence-electron chi connectivity index (χ4n) is 1.30. The van der Waals surface area contributed by atoms with Crippen molar-refractivity contribution in [1.82, 2.24) is 0 Å². The van der Waals surface area contributed by atoms with Gasteiger partial charge in [-0.05, 0) is 25.0 Å². The van der Waals surface area contributed by atoms with Gasteiger partial charge in [-0.15, -0.1) is 0 Å². The summed E-state index contributed by atoms with van der Waals surface area (Å²) in [4.78, 5) is 10.6. The van der Waals surface area contributed by atoms with Crippen molar-refractivity contribution in [3.05, 3.63) is 17.9 Å². The molecule has 0 aliphatic carbocycles. The predicted molar refractivity (Wildman–Crippen MR) is 56.4 cm³/mol. The second kappa shape index (κ2) is 5.11. The fraction of sp³-hybridized carbons (Fsp3) is 0.500. The van der Waals surface area contributed by atoms with E-state index in [-0.39, 0.29) is 16.1 Å². The SMILES string of the molecule is CCC(CC)S(=O)c1ccc(C(=O)O)o1. The molecular weight excluding hydrogens is 216 g/mol. The van der Waals surface area contributed by atoms with Crippen molar-refractivity contribution in [2.75, 3.05) is 0 Å². The van der Waals surface area contributed by atoms with E-state index < -0.39 is 16.8 Å². The summed E-state index contributed by atoms with van der Waals surface area (Å²) in [6.45, 7) is 3.90. The van der Waals surface area contributed by atoms with E-state index in [9.17, 15) is 9.00 Å². The summed E-state index contributed by atoms with van der Waals surface area (Å²) in [6, 6.07) is 2.80. The molecule has 1 aromatic rings. The van der Waals surface area contributed by atoms with Gasteiger partial charge in [-0.25, -0.2) is 4.79 Å². The lowest BCUT2D eigenvalue weighted by Gasteiger charge is -2.08. The van der Waals surface area contributed by atoms with Crippen molar-refractivity contribution in [3.8, 4) is 0 Å². The summed E-state index contributed by atoms with van der Waals surface area (Å²) in [5, 5.41) is 8.92. The molecule has 0 fully saturated rings. The molecule has 0 saturated heterocycles. The van der Waals surface area contributed by atoms with Gasteiger partial charge in [0.1, 0.15) is 0 Å². The maximum atomic E-state index is 11.9. The highest BCUT2D eigenvalue weighted by molar-refractivity contribution is 7.85.